The molecule has 0 fully saturated rings. The number of nitrogens with zero attached hydrogens (tertiary/aromatic N) is 8. The third kappa shape index (κ3) is 9.08. The molecule has 10 rings (SSSR count). The minimum Gasteiger partial charge on any atom is -0.439 e. The Morgan fingerprint density at radius 1 is 0.462 bits per heavy atom. The molecule has 0 amide bonds. The minimum atomic E-state index is 0. The van der Waals surface area contributed by atoms with Crippen molar-refractivity contribution in [3.8, 4) is 11.4 Å². The van der Waals surface area contributed by atoms with E-state index in [9.17, 15) is 0 Å². The number of aryl methyl sites for hydroxylation is 2. The van der Waals surface area contributed by atoms with E-state index in [1.54, 1.807) is 21.8 Å². The number of aromatic nitrogens is 8. The number of hydrogen-bond acceptors (Lipinski definition) is 4. The quantitative estimate of drug-likeness (QED) is 0.161. The molecule has 260 valence electrons. The van der Waals surface area contributed by atoms with Crippen LogP contribution in [-0.4, -0.2) is 29.5 Å². The van der Waals surface area contributed by atoms with Gasteiger partial charge in [-0.15, -0.1) is 12.1 Å². The van der Waals surface area contributed by atoms with Crippen LogP contribution in [0, 0.1) is 26.0 Å². The summed E-state index contributed by atoms with van der Waals surface area (Å²) in [7, 11) is 0. The summed E-state index contributed by atoms with van der Waals surface area (Å²) in [6, 6.07) is 49.9. The molecule has 6 heterocycles. The summed E-state index contributed by atoms with van der Waals surface area (Å²) in [5, 5.41) is 12.8. The third-order valence-corrected chi connectivity index (χ3v) is 7.76. The molecule has 52 heavy (non-hydrogen) atoms. The largest absolute Gasteiger partial charge is 2.00 e. The summed E-state index contributed by atoms with van der Waals surface area (Å²) in [6.45, 7) is 3.97. The number of benzene rings is 4. The summed E-state index contributed by atoms with van der Waals surface area (Å²) in [5.74, 6) is 0. The van der Waals surface area contributed by atoms with Crippen LogP contribution in [0.15, 0.2) is 158 Å². The second kappa shape index (κ2) is 18.2. The molecule has 0 atom stereocenters. The van der Waals surface area contributed by atoms with Gasteiger partial charge in [-0.3, -0.25) is 9.36 Å². The van der Waals surface area contributed by atoms with Crippen LogP contribution in [0.3, 0.4) is 0 Å². The molecule has 0 aliphatic carbocycles. The van der Waals surface area contributed by atoms with Gasteiger partial charge in [0.2, 0.25) is 0 Å². The predicted molar refractivity (Wildman–Crippen MR) is 199 cm³/mol. The zero-order valence-corrected chi connectivity index (χ0v) is 32.8. The second-order valence-corrected chi connectivity index (χ2v) is 11.3. The molecular formula is C42H32N8Pt2. The van der Waals surface area contributed by atoms with E-state index in [4.69, 9.17) is 0 Å². The second-order valence-electron chi connectivity index (χ2n) is 11.3. The van der Waals surface area contributed by atoms with Gasteiger partial charge in [0.25, 0.3) is 0 Å². The van der Waals surface area contributed by atoms with Crippen LogP contribution >= 0.6 is 0 Å². The van der Waals surface area contributed by atoms with Crippen LogP contribution in [0.2, 0.25) is 0 Å². The maximum atomic E-state index is 4.46. The van der Waals surface area contributed by atoms with Gasteiger partial charge in [0.05, 0.1) is 0 Å². The molecule has 4 aromatic carbocycles. The van der Waals surface area contributed by atoms with Crippen LogP contribution in [0.25, 0.3) is 55.2 Å². The monoisotopic (exact) mass is 1040 g/mol. The van der Waals surface area contributed by atoms with Crippen LogP contribution in [-0.2, 0) is 42.1 Å². The fourth-order valence-electron chi connectivity index (χ4n) is 5.38. The first-order chi connectivity index (χ1) is 24.6. The molecule has 10 heteroatoms. The summed E-state index contributed by atoms with van der Waals surface area (Å²) in [5.41, 5.74) is 7.73. The van der Waals surface area contributed by atoms with Gasteiger partial charge in [-0.2, -0.15) is 58.7 Å². The van der Waals surface area contributed by atoms with Gasteiger partial charge in [-0.05, 0) is 69.9 Å². The first-order valence-corrected chi connectivity index (χ1v) is 16.1. The Morgan fingerprint density at radius 3 is 1.27 bits per heavy atom. The van der Waals surface area contributed by atoms with E-state index in [0.29, 0.717) is 0 Å². The van der Waals surface area contributed by atoms with E-state index in [1.165, 1.54) is 10.8 Å². The molecule has 6 aromatic heterocycles. The molecule has 8 nitrogen and oxygen atoms in total. The van der Waals surface area contributed by atoms with Gasteiger partial charge in [0.15, 0.2) is 0 Å². The van der Waals surface area contributed by atoms with Crippen molar-refractivity contribution in [2.75, 3.05) is 0 Å². The molecule has 0 bridgehead atoms. The SMILES string of the molecule is Cc1ccc2c(n1)[n-]c1ccccc12.Cc1ccc2c(n1)[n-]c1ccccc12.[Pt+2].[Pt+2].[c-]1ccccc1-n1cccn1.[c-]1ccccc1-n1cccn1. The Bertz CT molecular complexity index is 2380. The molecule has 10 aromatic rings. The molecule has 0 aliphatic rings. The summed E-state index contributed by atoms with van der Waals surface area (Å²) >= 11 is 0. The average molecular weight is 1040 g/mol. The van der Waals surface area contributed by atoms with Crippen molar-refractivity contribution in [2.24, 2.45) is 0 Å². The molecule has 0 N–H and O–H groups in total. The van der Waals surface area contributed by atoms with E-state index in [2.05, 4.69) is 66.5 Å². The zero-order chi connectivity index (χ0) is 34.1. The van der Waals surface area contributed by atoms with Crippen LogP contribution < -0.4 is 9.97 Å². The maximum Gasteiger partial charge on any atom is 2.00 e. The topological polar surface area (TPSA) is 89.6 Å². The average Bonchev–Trinajstić information content (AvgIpc) is 3.99. The Kier molecular flexibility index (Phi) is 13.2. The Morgan fingerprint density at radius 2 is 0.885 bits per heavy atom. The van der Waals surface area contributed by atoms with Gasteiger partial charge in [-0.1, -0.05) is 95.5 Å². The molecular weight excluding hydrogens is 1010 g/mol. The van der Waals surface area contributed by atoms with Crippen LogP contribution in [0.4, 0.5) is 0 Å². The number of fused-ring (bicyclic) bond motifs is 6. The summed E-state index contributed by atoms with van der Waals surface area (Å²) in [4.78, 5) is 17.7. The van der Waals surface area contributed by atoms with Gasteiger partial charge in [0, 0.05) is 24.8 Å². The van der Waals surface area contributed by atoms with Crippen molar-refractivity contribution in [3.05, 3.63) is 182 Å². The number of rotatable bonds is 2. The van der Waals surface area contributed by atoms with E-state index in [1.807, 2.05) is 135 Å². The van der Waals surface area contributed by atoms with Gasteiger partial charge in [-0.25, -0.2) is 0 Å². The molecule has 0 saturated heterocycles. The molecule has 0 spiro atoms. The van der Waals surface area contributed by atoms with Gasteiger partial charge < -0.3 is 19.9 Å². The van der Waals surface area contributed by atoms with Gasteiger partial charge >= 0.3 is 42.1 Å². The fourth-order valence-corrected chi connectivity index (χ4v) is 5.38. The molecule has 0 radical (unpaired) electrons. The Labute approximate surface area is 330 Å². The van der Waals surface area contributed by atoms with Crippen molar-refractivity contribution < 1.29 is 42.1 Å². The van der Waals surface area contributed by atoms with Crippen LogP contribution in [0.5, 0.6) is 0 Å². The van der Waals surface area contributed by atoms with Gasteiger partial charge in [0.1, 0.15) is 0 Å². The summed E-state index contributed by atoms with van der Waals surface area (Å²) in [6.07, 6.45) is 7.29. The van der Waals surface area contributed by atoms with Crippen molar-refractivity contribution >= 4 is 43.9 Å². The van der Waals surface area contributed by atoms with E-state index in [0.717, 1.165) is 55.9 Å². The molecule has 0 saturated carbocycles. The molecule has 0 aliphatic heterocycles. The summed E-state index contributed by atoms with van der Waals surface area (Å²) < 4.78 is 3.56. The van der Waals surface area contributed by atoms with Crippen molar-refractivity contribution in [3.63, 3.8) is 0 Å². The number of hydrogen-bond donors (Lipinski definition) is 0. The van der Waals surface area contributed by atoms with E-state index < -0.39 is 0 Å². The maximum absolute atomic E-state index is 4.46. The number of pyridine rings is 2. The standard InChI is InChI=1S/2C12H9N2.2C9H7N2.2Pt/c2*1-8-6-7-10-9-4-2-3-5-11(9)14-12(10)13-8;2*1-2-5-9(6-3-1)11-8-4-7-10-11;;/h2*2-7H,1H3;2*1-5,7-8H;;/q4*-1;2*+2. The first kappa shape index (κ1) is 37.8. The van der Waals surface area contributed by atoms with Crippen molar-refractivity contribution in [1.29, 1.82) is 0 Å². The van der Waals surface area contributed by atoms with Crippen LogP contribution in [0.1, 0.15) is 11.4 Å². The number of para-hydroxylation sites is 4. The predicted octanol–water partition coefficient (Wildman–Crippen LogP) is 8.65. The van der Waals surface area contributed by atoms with E-state index >= 15 is 0 Å². The fraction of sp³-hybridized carbons (Fsp3) is 0.0476. The first-order valence-electron chi connectivity index (χ1n) is 16.1. The molecule has 0 unspecified atom stereocenters. The third-order valence-electron chi connectivity index (χ3n) is 7.76. The smallest absolute Gasteiger partial charge is 0.439 e. The minimum absolute atomic E-state index is 0. The normalized spacial score (nSPS) is 10.2. The van der Waals surface area contributed by atoms with Crippen molar-refractivity contribution in [2.45, 2.75) is 13.8 Å². The van der Waals surface area contributed by atoms with Crippen molar-refractivity contribution in [1.82, 2.24) is 39.5 Å². The Balaban J connectivity index is 0.000000133. The van der Waals surface area contributed by atoms with E-state index in [-0.39, 0.29) is 42.1 Å². The Hall–Kier alpha value is -5.42. The zero-order valence-electron chi connectivity index (χ0n) is 28.2.